The minimum absolute atomic E-state index is 0.234. The maximum atomic E-state index is 13.3. The molecule has 2 aliphatic rings. The van der Waals surface area contributed by atoms with Crippen LogP contribution in [0.3, 0.4) is 0 Å². The van der Waals surface area contributed by atoms with Crippen LogP contribution in [-0.2, 0) is 14.3 Å². The lowest BCUT2D eigenvalue weighted by molar-refractivity contribution is -0.138. The van der Waals surface area contributed by atoms with Crippen molar-refractivity contribution in [2.75, 3.05) is 54.1 Å². The van der Waals surface area contributed by atoms with Gasteiger partial charge in [0.1, 0.15) is 11.4 Å². The smallest absolute Gasteiger partial charge is 0.277 e. The number of hydrogen-bond donors (Lipinski definition) is 0. The lowest BCUT2D eigenvalue weighted by atomic mass is 10.00. The average molecular weight is 416 g/mol. The summed E-state index contributed by atoms with van der Waals surface area (Å²) in [6.45, 7) is 5.24. The number of likely N-dealkylation sites (tertiary alicyclic amines) is 1. The number of likely N-dealkylation sites (N-methyl/N-ethyl adjacent to an activating group) is 1. The molecule has 1 aromatic rings. The van der Waals surface area contributed by atoms with Crippen molar-refractivity contribution in [3.63, 3.8) is 0 Å². The van der Waals surface area contributed by atoms with Gasteiger partial charge in [0.25, 0.3) is 11.8 Å². The summed E-state index contributed by atoms with van der Waals surface area (Å²) in [5, 5.41) is 0. The van der Waals surface area contributed by atoms with Gasteiger partial charge in [-0.1, -0.05) is 19.1 Å². The van der Waals surface area contributed by atoms with Crippen molar-refractivity contribution in [1.82, 2.24) is 14.7 Å². The Kier molecular flexibility index (Phi) is 7.50. The van der Waals surface area contributed by atoms with Gasteiger partial charge in [-0.3, -0.25) is 14.5 Å². The molecule has 7 heteroatoms. The molecule has 0 radical (unpaired) electrons. The molecule has 3 rings (SSSR count). The van der Waals surface area contributed by atoms with Crippen LogP contribution >= 0.6 is 0 Å². The molecule has 0 N–H and O–H groups in total. The third-order valence-electron chi connectivity index (χ3n) is 5.87. The number of imide groups is 1. The van der Waals surface area contributed by atoms with Crippen LogP contribution in [0.1, 0.15) is 31.7 Å². The van der Waals surface area contributed by atoms with Crippen molar-refractivity contribution < 1.29 is 19.1 Å². The lowest BCUT2D eigenvalue weighted by Gasteiger charge is -2.36. The molecule has 2 heterocycles. The van der Waals surface area contributed by atoms with Gasteiger partial charge >= 0.3 is 0 Å². The fraction of sp³-hybridized carbons (Fsp3) is 0.565. The van der Waals surface area contributed by atoms with E-state index in [2.05, 4.69) is 18.9 Å². The Morgan fingerprint density at radius 3 is 2.33 bits per heavy atom. The highest BCUT2D eigenvalue weighted by Gasteiger charge is 2.42. The first kappa shape index (κ1) is 22.3. The highest BCUT2D eigenvalue weighted by Crippen LogP contribution is 2.34. The molecule has 164 valence electrons. The number of ether oxygens (including phenoxy) is 2. The summed E-state index contributed by atoms with van der Waals surface area (Å²) < 4.78 is 10.8. The predicted molar refractivity (Wildman–Crippen MR) is 116 cm³/mol. The number of carbonyl (C=O) groups excluding carboxylic acids is 2. The van der Waals surface area contributed by atoms with Crippen LogP contribution in [0.25, 0.3) is 5.57 Å². The van der Waals surface area contributed by atoms with Crippen molar-refractivity contribution in [3.8, 4) is 5.75 Å². The van der Waals surface area contributed by atoms with Crippen molar-refractivity contribution >= 4 is 17.4 Å². The summed E-state index contributed by atoms with van der Waals surface area (Å²) >= 11 is 0. The number of carbonyl (C=O) groups is 2. The Morgan fingerprint density at radius 2 is 1.73 bits per heavy atom. The summed E-state index contributed by atoms with van der Waals surface area (Å²) in [5.74, 6) is 0.272. The minimum atomic E-state index is -0.256. The minimum Gasteiger partial charge on any atom is -0.494 e. The van der Waals surface area contributed by atoms with Crippen LogP contribution in [0, 0.1) is 0 Å². The second kappa shape index (κ2) is 10.1. The third-order valence-corrected chi connectivity index (χ3v) is 5.87. The zero-order chi connectivity index (χ0) is 21.7. The Bertz CT molecular complexity index is 782. The van der Waals surface area contributed by atoms with Crippen molar-refractivity contribution in [2.24, 2.45) is 0 Å². The third kappa shape index (κ3) is 4.68. The SMILES string of the molecule is CCCOc1ccc(C2=C(N(C)C3CCN(C)CC3)C(=O)N(CCOC)C2=O)cc1. The van der Waals surface area contributed by atoms with Gasteiger partial charge in [-0.05, 0) is 57.1 Å². The first-order valence-electron chi connectivity index (χ1n) is 10.7. The molecule has 0 atom stereocenters. The van der Waals surface area contributed by atoms with E-state index in [1.54, 1.807) is 7.11 Å². The second-order valence-corrected chi connectivity index (χ2v) is 8.00. The summed E-state index contributed by atoms with van der Waals surface area (Å²) in [6, 6.07) is 7.70. The lowest BCUT2D eigenvalue weighted by Crippen LogP contribution is -2.44. The van der Waals surface area contributed by atoms with Gasteiger partial charge in [-0.25, -0.2) is 0 Å². The van der Waals surface area contributed by atoms with E-state index in [0.717, 1.165) is 43.7 Å². The molecule has 0 bridgehead atoms. The molecule has 1 aromatic carbocycles. The Labute approximate surface area is 179 Å². The largest absolute Gasteiger partial charge is 0.494 e. The van der Waals surface area contributed by atoms with Crippen molar-refractivity contribution in [1.29, 1.82) is 0 Å². The van der Waals surface area contributed by atoms with Gasteiger partial charge in [-0.15, -0.1) is 0 Å². The van der Waals surface area contributed by atoms with E-state index in [9.17, 15) is 9.59 Å². The molecule has 0 spiro atoms. The van der Waals surface area contributed by atoms with E-state index in [1.807, 2.05) is 36.2 Å². The molecular weight excluding hydrogens is 382 g/mol. The number of rotatable bonds is 9. The zero-order valence-electron chi connectivity index (χ0n) is 18.5. The summed E-state index contributed by atoms with van der Waals surface area (Å²) in [4.78, 5) is 32.2. The van der Waals surface area contributed by atoms with E-state index in [-0.39, 0.29) is 24.4 Å². The number of benzene rings is 1. The average Bonchev–Trinajstić information content (AvgIpc) is 3.00. The predicted octanol–water partition coefficient (Wildman–Crippen LogP) is 2.23. The second-order valence-electron chi connectivity index (χ2n) is 8.00. The molecule has 2 aliphatic heterocycles. The fourth-order valence-electron chi connectivity index (χ4n) is 4.04. The zero-order valence-corrected chi connectivity index (χ0v) is 18.5. The Balaban J connectivity index is 1.93. The molecule has 1 fully saturated rings. The van der Waals surface area contributed by atoms with Crippen molar-refractivity contribution in [2.45, 2.75) is 32.2 Å². The number of amides is 2. The van der Waals surface area contributed by atoms with Crippen LogP contribution in [-0.4, -0.2) is 86.6 Å². The van der Waals surface area contributed by atoms with E-state index in [1.165, 1.54) is 4.90 Å². The molecule has 30 heavy (non-hydrogen) atoms. The fourth-order valence-corrected chi connectivity index (χ4v) is 4.04. The number of hydrogen-bond acceptors (Lipinski definition) is 6. The molecule has 0 aliphatic carbocycles. The monoisotopic (exact) mass is 415 g/mol. The van der Waals surface area contributed by atoms with Gasteiger partial charge in [0.15, 0.2) is 0 Å². The van der Waals surface area contributed by atoms with E-state index in [4.69, 9.17) is 9.47 Å². The molecular formula is C23H33N3O4. The van der Waals surface area contributed by atoms with Crippen LogP contribution in [0.2, 0.25) is 0 Å². The van der Waals surface area contributed by atoms with Crippen molar-refractivity contribution in [3.05, 3.63) is 35.5 Å². The van der Waals surface area contributed by atoms with Crippen LogP contribution < -0.4 is 4.74 Å². The molecule has 0 saturated carbocycles. The first-order valence-corrected chi connectivity index (χ1v) is 10.7. The standard InChI is InChI=1S/C23H33N3O4/c1-5-15-30-19-8-6-17(7-9-19)20-21(23(28)26(22(20)27)14-16-29-4)25(3)18-10-12-24(2)13-11-18/h6-9,18H,5,10-16H2,1-4H3. The summed E-state index contributed by atoms with van der Waals surface area (Å²) in [7, 11) is 5.62. The molecule has 0 unspecified atom stereocenters. The van der Waals surface area contributed by atoms with E-state index in [0.29, 0.717) is 24.5 Å². The molecule has 0 aromatic heterocycles. The van der Waals surface area contributed by atoms with Gasteiger partial charge in [0.2, 0.25) is 0 Å². The van der Waals surface area contributed by atoms with Gasteiger partial charge < -0.3 is 19.3 Å². The van der Waals surface area contributed by atoms with E-state index >= 15 is 0 Å². The van der Waals surface area contributed by atoms with Crippen LogP contribution in [0.4, 0.5) is 0 Å². The molecule has 1 saturated heterocycles. The first-order chi connectivity index (χ1) is 14.5. The maximum Gasteiger partial charge on any atom is 0.277 e. The van der Waals surface area contributed by atoms with Crippen LogP contribution in [0.15, 0.2) is 30.0 Å². The van der Waals surface area contributed by atoms with Gasteiger partial charge in [0, 0.05) is 20.2 Å². The highest BCUT2D eigenvalue weighted by molar-refractivity contribution is 6.35. The maximum absolute atomic E-state index is 13.3. The number of methoxy groups -OCH3 is 1. The Hall–Kier alpha value is -2.38. The van der Waals surface area contributed by atoms with E-state index < -0.39 is 0 Å². The molecule has 2 amide bonds. The normalized spacial score (nSPS) is 18.5. The quantitative estimate of drug-likeness (QED) is 0.577. The van der Waals surface area contributed by atoms with Gasteiger partial charge in [0.05, 0.1) is 25.3 Å². The number of nitrogens with zero attached hydrogens (tertiary/aromatic N) is 3. The van der Waals surface area contributed by atoms with Gasteiger partial charge in [-0.2, -0.15) is 0 Å². The summed E-state index contributed by atoms with van der Waals surface area (Å²) in [5.41, 5.74) is 1.71. The number of piperidine rings is 1. The topological polar surface area (TPSA) is 62.3 Å². The summed E-state index contributed by atoms with van der Waals surface area (Å²) in [6.07, 6.45) is 2.86. The molecule has 7 nitrogen and oxygen atoms in total. The van der Waals surface area contributed by atoms with Crippen LogP contribution in [0.5, 0.6) is 5.75 Å². The Morgan fingerprint density at radius 1 is 1.07 bits per heavy atom. The highest BCUT2D eigenvalue weighted by atomic mass is 16.5.